The number of nitrogens with two attached hydrogens (primary N) is 1. The first-order chi connectivity index (χ1) is 25.3. The van der Waals surface area contributed by atoms with Gasteiger partial charge in [0.05, 0.1) is 32.4 Å². The number of carbonyl (C=O) groups excluding carboxylic acids is 4. The van der Waals surface area contributed by atoms with Crippen LogP contribution in [0.3, 0.4) is 0 Å². The Labute approximate surface area is 314 Å². The van der Waals surface area contributed by atoms with Crippen molar-refractivity contribution in [3.05, 3.63) is 0 Å². The van der Waals surface area contributed by atoms with E-state index in [4.69, 9.17) is 20.3 Å². The van der Waals surface area contributed by atoms with Crippen LogP contribution in [0.2, 0.25) is 0 Å². The number of hydrogen-bond donors (Lipinski definition) is 6. The molecule has 0 aliphatic rings. The minimum absolute atomic E-state index is 0.0103. The van der Waals surface area contributed by atoms with Crippen molar-refractivity contribution in [2.24, 2.45) is 5.73 Å². The summed E-state index contributed by atoms with van der Waals surface area (Å²) in [5.41, 5.74) is 5.91. The first-order valence-electron chi connectivity index (χ1n) is 20.4. The molecule has 0 aliphatic heterocycles. The Bertz CT molecular complexity index is 908. The third-order valence-electron chi connectivity index (χ3n) is 8.76. The fraction of sp³-hybridized carbons (Fsp3) is 0.872. The van der Waals surface area contributed by atoms with E-state index in [0.29, 0.717) is 78.1 Å². The summed E-state index contributed by atoms with van der Waals surface area (Å²) in [6.45, 7) is 5.50. The number of unbranched alkanes of at least 4 members (excludes halogenated alkanes) is 15. The van der Waals surface area contributed by atoms with Crippen molar-refractivity contribution in [1.29, 1.82) is 0 Å². The summed E-state index contributed by atoms with van der Waals surface area (Å²) >= 11 is 0. The summed E-state index contributed by atoms with van der Waals surface area (Å²) in [4.78, 5) is 58.3. The summed E-state index contributed by atoms with van der Waals surface area (Å²) in [6, 6.07) is -0.489. The molecule has 304 valence electrons. The van der Waals surface area contributed by atoms with Crippen molar-refractivity contribution in [2.75, 3.05) is 59.2 Å². The molecule has 13 nitrogen and oxygen atoms in total. The number of hydrogen-bond acceptors (Lipinski definition) is 9. The highest BCUT2D eigenvalue weighted by atomic mass is 16.5. The average Bonchev–Trinajstić information content (AvgIpc) is 3.12. The van der Waals surface area contributed by atoms with Crippen LogP contribution in [0.5, 0.6) is 0 Å². The number of aliphatic carboxylic acids is 1. The van der Waals surface area contributed by atoms with Gasteiger partial charge >= 0.3 is 5.97 Å². The highest BCUT2D eigenvalue weighted by Crippen LogP contribution is 2.14. The van der Waals surface area contributed by atoms with Crippen LogP contribution < -0.4 is 27.0 Å². The lowest BCUT2D eigenvalue weighted by Crippen LogP contribution is -2.40. The number of ketones is 1. The Hall–Kier alpha value is -2.61. The molecule has 0 aromatic heterocycles. The van der Waals surface area contributed by atoms with Gasteiger partial charge in [-0.2, -0.15) is 0 Å². The predicted octanol–water partition coefficient (Wildman–Crippen LogP) is 4.93. The second-order valence-electron chi connectivity index (χ2n) is 13.8. The van der Waals surface area contributed by atoms with Gasteiger partial charge in [-0.3, -0.25) is 24.0 Å². The summed E-state index contributed by atoms with van der Waals surface area (Å²) in [5, 5.41) is 20.3. The maximum absolute atomic E-state index is 12.1. The van der Waals surface area contributed by atoms with E-state index < -0.39 is 12.0 Å². The zero-order valence-corrected chi connectivity index (χ0v) is 32.6. The van der Waals surface area contributed by atoms with Gasteiger partial charge < -0.3 is 41.6 Å². The average molecular weight is 742 g/mol. The highest BCUT2D eigenvalue weighted by Gasteiger charge is 2.12. The maximum atomic E-state index is 12.1. The van der Waals surface area contributed by atoms with E-state index in [1.54, 1.807) is 0 Å². The van der Waals surface area contributed by atoms with E-state index in [-0.39, 0.29) is 36.7 Å². The van der Waals surface area contributed by atoms with Crippen LogP contribution in [0, 0.1) is 0 Å². The summed E-state index contributed by atoms with van der Waals surface area (Å²) < 4.78 is 10.8. The molecule has 0 aliphatic carbocycles. The molecule has 52 heavy (non-hydrogen) atoms. The molecule has 0 fully saturated rings. The van der Waals surface area contributed by atoms with Gasteiger partial charge in [0.1, 0.15) is 6.61 Å². The first kappa shape index (κ1) is 49.4. The second-order valence-corrected chi connectivity index (χ2v) is 13.8. The van der Waals surface area contributed by atoms with Crippen LogP contribution in [0.4, 0.5) is 0 Å². The van der Waals surface area contributed by atoms with E-state index in [1.807, 2.05) is 0 Å². The normalized spacial score (nSPS) is 11.7. The van der Waals surface area contributed by atoms with Gasteiger partial charge in [0.25, 0.3) is 0 Å². The topological polar surface area (TPSA) is 198 Å². The third-order valence-corrected chi connectivity index (χ3v) is 8.76. The quantitative estimate of drug-likeness (QED) is 0.0469. The smallest absolute Gasteiger partial charge is 0.303 e. The SMILES string of the molecule is CCCCNC(=O)[C@@H](N)CCCCNCC(=O)COCCOCCNC(=O)CCCNC(=O)CCCCCCCCCCCCCCCCC(=O)O. The molecule has 0 spiro atoms. The number of carboxylic acid groups (broad SMARTS) is 1. The number of nitrogens with one attached hydrogen (secondary N) is 4. The minimum Gasteiger partial charge on any atom is -0.481 e. The van der Waals surface area contributed by atoms with Crippen molar-refractivity contribution in [1.82, 2.24) is 21.3 Å². The Morgan fingerprint density at radius 1 is 0.558 bits per heavy atom. The zero-order valence-electron chi connectivity index (χ0n) is 32.6. The van der Waals surface area contributed by atoms with E-state index in [1.165, 1.54) is 57.8 Å². The van der Waals surface area contributed by atoms with Gasteiger partial charge in [-0.1, -0.05) is 96.8 Å². The van der Waals surface area contributed by atoms with Gasteiger partial charge in [0.15, 0.2) is 5.78 Å². The van der Waals surface area contributed by atoms with Gasteiger partial charge in [-0.15, -0.1) is 0 Å². The van der Waals surface area contributed by atoms with Crippen molar-refractivity contribution in [3.63, 3.8) is 0 Å². The fourth-order valence-corrected chi connectivity index (χ4v) is 5.55. The lowest BCUT2D eigenvalue weighted by Gasteiger charge is -2.12. The van der Waals surface area contributed by atoms with Crippen LogP contribution in [-0.2, 0) is 33.4 Å². The first-order valence-corrected chi connectivity index (χ1v) is 20.4. The molecule has 0 unspecified atom stereocenters. The number of Topliss-reactive ketones (excluding diaryl/α,β-unsaturated/α-hetero) is 1. The predicted molar refractivity (Wildman–Crippen MR) is 206 cm³/mol. The molecular formula is C39H75N5O8. The monoisotopic (exact) mass is 742 g/mol. The molecule has 0 aromatic carbocycles. The number of carbonyl (C=O) groups is 5. The van der Waals surface area contributed by atoms with Crippen molar-refractivity contribution < 1.29 is 38.6 Å². The standard InChI is InChI=1S/C39H75N5O8/c1-2-3-26-44-39(50)35(40)21-18-19-25-41-32-34(45)33-52-31-30-51-29-28-43-37(47)23-20-27-42-36(46)22-16-14-12-10-8-6-4-5-7-9-11-13-15-17-24-38(48)49/h35,41H,2-33,40H2,1H3,(H,42,46)(H,43,47)(H,44,50)(H,48,49)/t35-/m0/s1. The molecule has 0 rings (SSSR count). The highest BCUT2D eigenvalue weighted by molar-refractivity contribution is 5.82. The van der Waals surface area contributed by atoms with E-state index >= 15 is 0 Å². The van der Waals surface area contributed by atoms with E-state index in [0.717, 1.165) is 57.8 Å². The Kier molecular flexibility index (Phi) is 36.2. The summed E-state index contributed by atoms with van der Waals surface area (Å²) in [6.07, 6.45) is 22.2. The van der Waals surface area contributed by atoms with Gasteiger partial charge in [-0.25, -0.2) is 0 Å². The Balaban J connectivity index is 3.40. The van der Waals surface area contributed by atoms with Crippen LogP contribution >= 0.6 is 0 Å². The molecular weight excluding hydrogens is 666 g/mol. The molecule has 0 radical (unpaired) electrons. The van der Waals surface area contributed by atoms with Crippen molar-refractivity contribution >= 4 is 29.5 Å². The number of amides is 3. The van der Waals surface area contributed by atoms with Crippen LogP contribution in [0.15, 0.2) is 0 Å². The van der Waals surface area contributed by atoms with Gasteiger partial charge in [0.2, 0.25) is 17.7 Å². The molecule has 0 heterocycles. The van der Waals surface area contributed by atoms with Gasteiger partial charge in [-0.05, 0) is 45.1 Å². The largest absolute Gasteiger partial charge is 0.481 e. The number of rotatable bonds is 40. The zero-order chi connectivity index (χ0) is 38.3. The lowest BCUT2D eigenvalue weighted by atomic mass is 10.0. The fourth-order valence-electron chi connectivity index (χ4n) is 5.55. The van der Waals surface area contributed by atoms with Crippen LogP contribution in [0.1, 0.15) is 155 Å². The molecule has 3 amide bonds. The Morgan fingerprint density at radius 2 is 1.08 bits per heavy atom. The molecule has 0 bridgehead atoms. The summed E-state index contributed by atoms with van der Waals surface area (Å²) in [7, 11) is 0. The van der Waals surface area contributed by atoms with E-state index in [9.17, 15) is 24.0 Å². The molecule has 0 saturated heterocycles. The third kappa shape index (κ3) is 37.2. The lowest BCUT2D eigenvalue weighted by molar-refractivity contribution is -0.137. The molecule has 7 N–H and O–H groups in total. The van der Waals surface area contributed by atoms with Crippen molar-refractivity contribution in [3.8, 4) is 0 Å². The van der Waals surface area contributed by atoms with Crippen LogP contribution in [-0.4, -0.2) is 99.8 Å². The molecule has 13 heteroatoms. The molecule has 0 aromatic rings. The Morgan fingerprint density at radius 3 is 1.67 bits per heavy atom. The molecule has 1 atom stereocenters. The summed E-state index contributed by atoms with van der Waals surface area (Å²) in [5.74, 6) is -0.865. The number of ether oxygens (including phenoxy) is 2. The molecule has 0 saturated carbocycles. The second kappa shape index (κ2) is 38.1. The van der Waals surface area contributed by atoms with E-state index in [2.05, 4.69) is 28.2 Å². The maximum Gasteiger partial charge on any atom is 0.303 e. The number of carboxylic acids is 1. The van der Waals surface area contributed by atoms with Crippen LogP contribution in [0.25, 0.3) is 0 Å². The van der Waals surface area contributed by atoms with Gasteiger partial charge in [0, 0.05) is 38.9 Å². The minimum atomic E-state index is -0.692. The van der Waals surface area contributed by atoms with Crippen molar-refractivity contribution in [2.45, 2.75) is 161 Å².